The molecule has 1 aromatic carbocycles. The van der Waals surface area contributed by atoms with E-state index >= 15 is 0 Å². The van der Waals surface area contributed by atoms with Crippen LogP contribution in [-0.4, -0.2) is 18.0 Å². The number of aromatic nitrogens is 1. The number of halogens is 1. The first-order valence-electron chi connectivity index (χ1n) is 5.86. The highest BCUT2D eigenvalue weighted by Crippen LogP contribution is 2.25. The Hall–Kier alpha value is -1.44. The van der Waals surface area contributed by atoms with Crippen molar-refractivity contribution in [1.29, 1.82) is 0 Å². The van der Waals surface area contributed by atoms with Crippen LogP contribution < -0.4 is 15.8 Å². The molecular weight excluding hydrogens is 342 g/mol. The molecule has 0 spiro atoms. The monoisotopic (exact) mass is 355 g/mol. The number of hydrogen-bond acceptors (Lipinski definition) is 5. The number of nitrogens with zero attached hydrogens (tertiary/aromatic N) is 1. The summed E-state index contributed by atoms with van der Waals surface area (Å²) in [6.45, 7) is 1.83. The minimum atomic E-state index is -0.270. The van der Waals surface area contributed by atoms with Crippen LogP contribution in [0.15, 0.2) is 28.1 Å². The number of thiazole rings is 1. The molecule has 0 saturated carbocycles. The summed E-state index contributed by atoms with van der Waals surface area (Å²) < 4.78 is 5.97. The molecule has 0 aliphatic rings. The van der Waals surface area contributed by atoms with E-state index in [1.807, 2.05) is 13.0 Å². The minimum absolute atomic E-state index is 0.174. The number of rotatable bonds is 4. The van der Waals surface area contributed by atoms with E-state index in [1.165, 1.54) is 11.3 Å². The maximum absolute atomic E-state index is 12.1. The fourth-order valence-corrected chi connectivity index (χ4v) is 2.78. The predicted molar refractivity (Wildman–Crippen MR) is 83.4 cm³/mol. The van der Waals surface area contributed by atoms with E-state index in [0.29, 0.717) is 17.1 Å². The quantitative estimate of drug-likeness (QED) is 0.882. The van der Waals surface area contributed by atoms with Crippen LogP contribution in [0.3, 0.4) is 0 Å². The van der Waals surface area contributed by atoms with Gasteiger partial charge in [-0.2, -0.15) is 0 Å². The molecular formula is C13H14BrN3O2S. The number of benzene rings is 1. The third kappa shape index (κ3) is 3.56. The number of nitrogens with two attached hydrogens (primary N) is 1. The fourth-order valence-electron chi connectivity index (χ4n) is 1.55. The molecule has 1 heterocycles. The van der Waals surface area contributed by atoms with Crippen molar-refractivity contribution < 1.29 is 9.53 Å². The Labute approximate surface area is 129 Å². The summed E-state index contributed by atoms with van der Waals surface area (Å²) in [7, 11) is 1.57. The molecule has 0 radical (unpaired) electrons. The Morgan fingerprint density at radius 3 is 2.85 bits per heavy atom. The zero-order chi connectivity index (χ0) is 14.7. The molecule has 5 nitrogen and oxygen atoms in total. The second-order valence-electron chi connectivity index (χ2n) is 4.19. The molecule has 0 aliphatic heterocycles. The Kier molecular flexibility index (Phi) is 4.74. The molecule has 3 N–H and O–H groups in total. The number of hydrogen-bond donors (Lipinski definition) is 2. The Morgan fingerprint density at radius 2 is 2.25 bits per heavy atom. The number of methoxy groups -OCH3 is 1. The van der Waals surface area contributed by atoms with E-state index in [2.05, 4.69) is 26.2 Å². The molecule has 1 aromatic heterocycles. The van der Waals surface area contributed by atoms with Gasteiger partial charge in [0.25, 0.3) is 5.91 Å². The average molecular weight is 356 g/mol. The van der Waals surface area contributed by atoms with Gasteiger partial charge in [0.1, 0.15) is 16.5 Å². The molecule has 0 saturated heterocycles. The van der Waals surface area contributed by atoms with Crippen molar-refractivity contribution in [3.8, 4) is 5.75 Å². The van der Waals surface area contributed by atoms with Gasteiger partial charge in [-0.3, -0.25) is 4.79 Å². The van der Waals surface area contributed by atoms with Crippen molar-refractivity contribution >= 4 is 38.9 Å². The summed E-state index contributed by atoms with van der Waals surface area (Å²) in [5.41, 5.74) is 6.73. The fraction of sp³-hybridized carbons (Fsp3) is 0.231. The van der Waals surface area contributed by atoms with Crippen LogP contribution in [0.25, 0.3) is 0 Å². The molecule has 1 amide bonds. The van der Waals surface area contributed by atoms with Crippen molar-refractivity contribution in [3.63, 3.8) is 0 Å². The Bertz CT molecular complexity index is 628. The molecule has 106 valence electrons. The highest BCUT2D eigenvalue weighted by molar-refractivity contribution is 9.10. The van der Waals surface area contributed by atoms with Gasteiger partial charge in [0.2, 0.25) is 0 Å². The van der Waals surface area contributed by atoms with Crippen molar-refractivity contribution in [2.24, 2.45) is 5.73 Å². The number of amides is 1. The lowest BCUT2D eigenvalue weighted by Crippen LogP contribution is -2.13. The van der Waals surface area contributed by atoms with Crippen LogP contribution in [-0.2, 0) is 0 Å². The first-order chi connectivity index (χ1) is 9.49. The van der Waals surface area contributed by atoms with E-state index in [0.717, 1.165) is 9.48 Å². The third-order valence-electron chi connectivity index (χ3n) is 2.51. The number of carbonyl (C=O) groups is 1. The molecule has 2 aromatic rings. The summed E-state index contributed by atoms with van der Waals surface area (Å²) in [5, 5.41) is 5.22. The maximum atomic E-state index is 12.1. The number of carbonyl (C=O) groups excluding carboxylic acids is 1. The largest absolute Gasteiger partial charge is 0.497 e. The highest BCUT2D eigenvalue weighted by atomic mass is 79.9. The molecule has 0 aliphatic carbocycles. The summed E-state index contributed by atoms with van der Waals surface area (Å²) in [6, 6.07) is 5.17. The number of anilines is 1. The van der Waals surface area contributed by atoms with E-state index in [1.54, 1.807) is 24.6 Å². The van der Waals surface area contributed by atoms with Crippen molar-refractivity contribution in [1.82, 2.24) is 4.98 Å². The lowest BCUT2D eigenvalue weighted by molar-refractivity contribution is 0.102. The maximum Gasteiger partial charge on any atom is 0.275 e. The van der Waals surface area contributed by atoms with Gasteiger partial charge in [0.15, 0.2) is 0 Å². The minimum Gasteiger partial charge on any atom is -0.497 e. The van der Waals surface area contributed by atoms with Gasteiger partial charge >= 0.3 is 0 Å². The first kappa shape index (κ1) is 15.0. The van der Waals surface area contributed by atoms with Gasteiger partial charge < -0.3 is 15.8 Å². The van der Waals surface area contributed by atoms with Crippen LogP contribution in [0, 0.1) is 0 Å². The van der Waals surface area contributed by atoms with Gasteiger partial charge in [0.05, 0.1) is 13.2 Å². The lowest BCUT2D eigenvalue weighted by atomic mass is 10.3. The van der Waals surface area contributed by atoms with E-state index < -0.39 is 0 Å². The van der Waals surface area contributed by atoms with E-state index in [9.17, 15) is 4.79 Å². The zero-order valence-corrected chi connectivity index (χ0v) is 13.4. The molecule has 20 heavy (non-hydrogen) atoms. The summed E-state index contributed by atoms with van der Waals surface area (Å²) in [6.07, 6.45) is 0. The van der Waals surface area contributed by atoms with Gasteiger partial charge in [-0.25, -0.2) is 4.98 Å². The van der Waals surface area contributed by atoms with Crippen LogP contribution >= 0.6 is 27.3 Å². The highest BCUT2D eigenvalue weighted by Gasteiger charge is 2.13. The number of nitrogens with one attached hydrogen (secondary N) is 1. The Balaban J connectivity index is 2.16. The standard InChI is InChI=1S/C13H14BrN3O2S/c1-7(15)13-17-11(6-20-13)12(18)16-9-3-8(14)4-10(5-9)19-2/h3-7H,15H2,1-2H3,(H,16,18). The number of ether oxygens (including phenoxy) is 1. The van der Waals surface area contributed by atoms with Gasteiger partial charge in [-0.15, -0.1) is 11.3 Å². The van der Waals surface area contributed by atoms with Crippen LogP contribution in [0.1, 0.15) is 28.5 Å². The second kappa shape index (κ2) is 6.34. The third-order valence-corrected chi connectivity index (χ3v) is 4.01. The smallest absolute Gasteiger partial charge is 0.275 e. The molecule has 2 rings (SSSR count). The average Bonchev–Trinajstić information content (AvgIpc) is 2.87. The van der Waals surface area contributed by atoms with Gasteiger partial charge in [-0.05, 0) is 19.1 Å². The van der Waals surface area contributed by atoms with Crippen molar-refractivity contribution in [2.45, 2.75) is 13.0 Å². The first-order valence-corrected chi connectivity index (χ1v) is 7.54. The van der Waals surface area contributed by atoms with E-state index in [-0.39, 0.29) is 11.9 Å². The molecule has 0 bridgehead atoms. The van der Waals surface area contributed by atoms with Crippen molar-refractivity contribution in [2.75, 3.05) is 12.4 Å². The predicted octanol–water partition coefficient (Wildman–Crippen LogP) is 3.19. The summed E-state index contributed by atoms with van der Waals surface area (Å²) >= 11 is 4.74. The normalized spacial score (nSPS) is 12.0. The van der Waals surface area contributed by atoms with Crippen molar-refractivity contribution in [3.05, 3.63) is 38.8 Å². The van der Waals surface area contributed by atoms with Gasteiger partial charge in [0, 0.05) is 21.6 Å². The van der Waals surface area contributed by atoms with E-state index in [4.69, 9.17) is 10.5 Å². The summed E-state index contributed by atoms with van der Waals surface area (Å²) in [5.74, 6) is 0.387. The summed E-state index contributed by atoms with van der Waals surface area (Å²) in [4.78, 5) is 16.3. The molecule has 1 unspecified atom stereocenters. The Morgan fingerprint density at radius 1 is 1.50 bits per heavy atom. The van der Waals surface area contributed by atoms with Gasteiger partial charge in [-0.1, -0.05) is 15.9 Å². The zero-order valence-electron chi connectivity index (χ0n) is 11.0. The van der Waals surface area contributed by atoms with Crippen LogP contribution in [0.5, 0.6) is 5.75 Å². The topological polar surface area (TPSA) is 77.2 Å². The van der Waals surface area contributed by atoms with Crippen LogP contribution in [0.4, 0.5) is 5.69 Å². The second-order valence-corrected chi connectivity index (χ2v) is 6.00. The molecule has 1 atom stereocenters. The SMILES string of the molecule is COc1cc(Br)cc(NC(=O)c2csc(C(C)N)n2)c1. The molecule has 0 fully saturated rings. The lowest BCUT2D eigenvalue weighted by Gasteiger charge is -2.07. The van der Waals surface area contributed by atoms with Crippen LogP contribution in [0.2, 0.25) is 0 Å². The molecule has 7 heteroatoms.